The molecule has 2 rings (SSSR count). The van der Waals surface area contributed by atoms with Gasteiger partial charge in [0.25, 0.3) is 0 Å². The van der Waals surface area contributed by atoms with Crippen LogP contribution in [-0.2, 0) is 0 Å². The molecule has 0 bridgehead atoms. The predicted molar refractivity (Wildman–Crippen MR) is 74.4 cm³/mol. The second-order valence-corrected chi connectivity index (χ2v) is 5.84. The molecule has 0 amide bonds. The van der Waals surface area contributed by atoms with Crippen LogP contribution in [0.4, 0.5) is 0 Å². The fraction of sp³-hybridized carbons (Fsp3) is 0. The lowest BCUT2D eigenvalue weighted by molar-refractivity contribution is 1.36. The lowest BCUT2D eigenvalue weighted by Crippen LogP contribution is -1.78. The Morgan fingerprint density at radius 2 is 1.76 bits per heavy atom. The minimum absolute atomic E-state index is 0.649. The van der Waals surface area contributed by atoms with Gasteiger partial charge in [-0.1, -0.05) is 39.3 Å². The lowest BCUT2D eigenvalue weighted by Gasteiger charge is -2.03. The van der Waals surface area contributed by atoms with E-state index in [0.29, 0.717) is 5.56 Å². The Kier molecular flexibility index (Phi) is 4.11. The van der Waals surface area contributed by atoms with Gasteiger partial charge in [0.05, 0.1) is 11.6 Å². The van der Waals surface area contributed by atoms with Crippen LogP contribution in [-0.4, -0.2) is 0 Å². The summed E-state index contributed by atoms with van der Waals surface area (Å²) in [4.78, 5) is 2.12. The van der Waals surface area contributed by atoms with E-state index in [1.807, 2.05) is 36.4 Å². The zero-order valence-corrected chi connectivity index (χ0v) is 11.8. The van der Waals surface area contributed by atoms with Crippen molar-refractivity contribution in [1.82, 2.24) is 0 Å². The average molecular weight is 325 g/mol. The first-order chi connectivity index (χ1) is 8.17. The quantitative estimate of drug-likeness (QED) is 0.765. The first kappa shape index (κ1) is 12.5. The van der Waals surface area contributed by atoms with Gasteiger partial charge in [0, 0.05) is 19.3 Å². The van der Waals surface area contributed by atoms with Crippen molar-refractivity contribution in [3.05, 3.63) is 57.5 Å². The van der Waals surface area contributed by atoms with Gasteiger partial charge in [0.15, 0.2) is 0 Å². The molecule has 0 aliphatic heterocycles. The number of nitriles is 1. The zero-order valence-electron chi connectivity index (χ0n) is 8.65. The highest BCUT2D eigenvalue weighted by atomic mass is 79.9. The Balaban J connectivity index is 2.27. The molecule has 0 N–H and O–H groups in total. The van der Waals surface area contributed by atoms with Gasteiger partial charge < -0.3 is 0 Å². The SMILES string of the molecule is N#Cc1cc(Br)cc(Sc2ccc(Cl)cc2)c1. The van der Waals surface area contributed by atoms with Crippen molar-refractivity contribution >= 4 is 39.3 Å². The maximum Gasteiger partial charge on any atom is 0.0992 e. The van der Waals surface area contributed by atoms with Gasteiger partial charge in [-0.2, -0.15) is 5.26 Å². The molecular weight excluding hydrogens is 318 g/mol. The van der Waals surface area contributed by atoms with Crippen LogP contribution in [0.5, 0.6) is 0 Å². The molecule has 0 aliphatic carbocycles. The second kappa shape index (κ2) is 5.59. The molecule has 0 unspecified atom stereocenters. The smallest absolute Gasteiger partial charge is 0.0992 e. The molecule has 0 saturated carbocycles. The van der Waals surface area contributed by atoms with Gasteiger partial charge in [-0.05, 0) is 42.5 Å². The van der Waals surface area contributed by atoms with Crippen LogP contribution < -0.4 is 0 Å². The van der Waals surface area contributed by atoms with Crippen LogP contribution in [0.1, 0.15) is 5.56 Å². The van der Waals surface area contributed by atoms with E-state index in [0.717, 1.165) is 19.3 Å². The topological polar surface area (TPSA) is 23.8 Å². The summed E-state index contributed by atoms with van der Waals surface area (Å²) >= 11 is 10.8. The number of benzene rings is 2. The van der Waals surface area contributed by atoms with E-state index in [1.165, 1.54) is 0 Å². The van der Waals surface area contributed by atoms with Crippen molar-refractivity contribution in [2.75, 3.05) is 0 Å². The van der Waals surface area contributed by atoms with Gasteiger partial charge in [-0.15, -0.1) is 0 Å². The van der Waals surface area contributed by atoms with Gasteiger partial charge in [0.1, 0.15) is 0 Å². The summed E-state index contributed by atoms with van der Waals surface area (Å²) in [5.41, 5.74) is 0.649. The molecule has 0 spiro atoms. The van der Waals surface area contributed by atoms with E-state index in [1.54, 1.807) is 17.8 Å². The van der Waals surface area contributed by atoms with Crippen molar-refractivity contribution in [2.24, 2.45) is 0 Å². The predicted octanol–water partition coefficient (Wildman–Crippen LogP) is 5.13. The third-order valence-electron chi connectivity index (χ3n) is 2.05. The van der Waals surface area contributed by atoms with Crippen LogP contribution in [0.3, 0.4) is 0 Å². The molecule has 0 fully saturated rings. The number of hydrogen-bond donors (Lipinski definition) is 0. The second-order valence-electron chi connectivity index (χ2n) is 3.34. The standard InChI is InChI=1S/C13H7BrClNS/c14-10-5-9(8-16)6-13(7-10)17-12-3-1-11(15)2-4-12/h1-7H. The monoisotopic (exact) mass is 323 g/mol. The molecule has 2 aromatic rings. The van der Waals surface area contributed by atoms with Gasteiger partial charge in [0.2, 0.25) is 0 Å². The molecule has 0 aliphatic rings. The van der Waals surface area contributed by atoms with E-state index in [-0.39, 0.29) is 0 Å². The Morgan fingerprint density at radius 1 is 1.06 bits per heavy atom. The highest BCUT2D eigenvalue weighted by Gasteiger charge is 2.01. The molecule has 1 nitrogen and oxygen atoms in total. The van der Waals surface area contributed by atoms with E-state index in [2.05, 4.69) is 22.0 Å². The zero-order chi connectivity index (χ0) is 12.3. The summed E-state index contributed by atoms with van der Waals surface area (Å²) in [7, 11) is 0. The fourth-order valence-electron chi connectivity index (χ4n) is 1.32. The van der Waals surface area contributed by atoms with Crippen LogP contribution in [0, 0.1) is 11.3 Å². The Hall–Kier alpha value is -0.950. The largest absolute Gasteiger partial charge is 0.192 e. The van der Waals surface area contributed by atoms with Crippen LogP contribution >= 0.6 is 39.3 Å². The third-order valence-corrected chi connectivity index (χ3v) is 3.74. The Morgan fingerprint density at radius 3 is 2.41 bits per heavy atom. The maximum absolute atomic E-state index is 8.89. The molecule has 0 radical (unpaired) electrons. The highest BCUT2D eigenvalue weighted by molar-refractivity contribution is 9.10. The molecule has 0 saturated heterocycles. The summed E-state index contributed by atoms with van der Waals surface area (Å²) in [6, 6.07) is 15.4. The van der Waals surface area contributed by atoms with Crippen LogP contribution in [0.2, 0.25) is 5.02 Å². The van der Waals surface area contributed by atoms with Gasteiger partial charge in [-0.3, -0.25) is 0 Å². The molecule has 0 atom stereocenters. The molecular formula is C13H7BrClNS. The first-order valence-electron chi connectivity index (χ1n) is 4.81. The van der Waals surface area contributed by atoms with Gasteiger partial charge >= 0.3 is 0 Å². The minimum Gasteiger partial charge on any atom is -0.192 e. The van der Waals surface area contributed by atoms with Crippen molar-refractivity contribution in [3.63, 3.8) is 0 Å². The first-order valence-corrected chi connectivity index (χ1v) is 6.80. The summed E-state index contributed by atoms with van der Waals surface area (Å²) in [5.74, 6) is 0. The normalized spacial score (nSPS) is 9.94. The summed E-state index contributed by atoms with van der Waals surface area (Å²) in [5, 5.41) is 9.61. The van der Waals surface area contributed by atoms with Crippen molar-refractivity contribution in [3.8, 4) is 6.07 Å². The molecule has 17 heavy (non-hydrogen) atoms. The molecule has 4 heteroatoms. The molecule has 2 aromatic carbocycles. The van der Waals surface area contributed by atoms with E-state index < -0.39 is 0 Å². The van der Waals surface area contributed by atoms with Crippen molar-refractivity contribution < 1.29 is 0 Å². The van der Waals surface area contributed by atoms with E-state index >= 15 is 0 Å². The Labute approximate surface area is 118 Å². The Bertz CT molecular complexity index is 575. The number of rotatable bonds is 2. The third kappa shape index (κ3) is 3.50. The van der Waals surface area contributed by atoms with E-state index in [9.17, 15) is 0 Å². The molecule has 84 valence electrons. The molecule has 0 heterocycles. The van der Waals surface area contributed by atoms with Crippen LogP contribution in [0.25, 0.3) is 0 Å². The minimum atomic E-state index is 0.649. The highest BCUT2D eigenvalue weighted by Crippen LogP contribution is 2.31. The lowest BCUT2D eigenvalue weighted by atomic mass is 10.2. The summed E-state index contributed by atoms with van der Waals surface area (Å²) < 4.78 is 0.910. The summed E-state index contributed by atoms with van der Waals surface area (Å²) in [6.45, 7) is 0. The van der Waals surface area contributed by atoms with Crippen LogP contribution in [0.15, 0.2) is 56.7 Å². The molecule has 0 aromatic heterocycles. The maximum atomic E-state index is 8.89. The van der Waals surface area contributed by atoms with E-state index in [4.69, 9.17) is 16.9 Å². The average Bonchev–Trinajstić information content (AvgIpc) is 2.31. The van der Waals surface area contributed by atoms with Gasteiger partial charge in [-0.25, -0.2) is 0 Å². The number of hydrogen-bond acceptors (Lipinski definition) is 2. The van der Waals surface area contributed by atoms with Crippen molar-refractivity contribution in [2.45, 2.75) is 9.79 Å². The van der Waals surface area contributed by atoms with Crippen molar-refractivity contribution in [1.29, 1.82) is 5.26 Å². The number of halogens is 2. The fourth-order valence-corrected chi connectivity index (χ4v) is 3.01. The number of nitrogens with zero attached hydrogens (tertiary/aromatic N) is 1. The summed E-state index contributed by atoms with van der Waals surface area (Å²) in [6.07, 6.45) is 0.